The minimum atomic E-state index is 0.670. The topological polar surface area (TPSA) is 43.5 Å². The highest BCUT2D eigenvalue weighted by atomic mass is 15.0. The Morgan fingerprint density at radius 3 is 0.771 bits per heavy atom. The van der Waals surface area contributed by atoms with Crippen molar-refractivity contribution in [2.45, 2.75) is 0 Å². The highest BCUT2D eigenvalue weighted by molar-refractivity contribution is 6.15. The minimum absolute atomic E-state index is 0.670. The summed E-state index contributed by atoms with van der Waals surface area (Å²) in [6.07, 6.45) is 0. The Balaban J connectivity index is 0.000000141. The fourth-order valence-electron chi connectivity index (χ4n) is 14.7. The van der Waals surface area contributed by atoms with Crippen LogP contribution in [0.4, 0.5) is 0 Å². The Hall–Kier alpha value is -13.0. The van der Waals surface area contributed by atoms with E-state index in [2.05, 4.69) is 358 Å². The van der Waals surface area contributed by atoms with Gasteiger partial charge < -0.3 is 18.3 Å². The van der Waals surface area contributed by atoms with Crippen molar-refractivity contribution in [3.05, 3.63) is 363 Å². The monoisotopic (exact) mass is 1220 g/mol. The highest BCUT2D eigenvalue weighted by Gasteiger charge is 2.20. The summed E-state index contributed by atoms with van der Waals surface area (Å²) in [4.78, 5) is 0. The molecule has 96 heavy (non-hydrogen) atoms. The fourth-order valence-corrected chi connectivity index (χ4v) is 14.7. The molecule has 0 aliphatic carbocycles. The third kappa shape index (κ3) is 9.55. The third-order valence-corrected chi connectivity index (χ3v) is 19.3. The van der Waals surface area contributed by atoms with Crippen molar-refractivity contribution in [2.24, 2.45) is 0 Å². The zero-order valence-corrected chi connectivity index (χ0v) is 52.3. The van der Waals surface area contributed by atoms with Gasteiger partial charge in [-0.3, -0.25) is 0 Å². The van der Waals surface area contributed by atoms with Gasteiger partial charge in [-0.2, -0.15) is 5.26 Å². The SMILES string of the molecule is N#Cc1ccc(-c2ccc(-n3c4ccccc4c4cc(-c5ccc6c(c5)c5ccccc5n6-c5ccccc5)ccc43)cc2)cc1.c1ccc(-c2ccc(-n3c4ccccc4c4cc(-c5ccc6c(c5)c5ccc(-c7ccccc7)cc5n6-c5ccccc5)ccc43)cc2)cc1. The van der Waals surface area contributed by atoms with E-state index in [0.29, 0.717) is 5.56 Å². The molecule has 4 aromatic heterocycles. The molecule has 0 N–H and O–H groups in total. The molecule has 0 fully saturated rings. The summed E-state index contributed by atoms with van der Waals surface area (Å²) in [5.41, 5.74) is 26.8. The van der Waals surface area contributed by atoms with E-state index in [1.54, 1.807) is 0 Å². The van der Waals surface area contributed by atoms with Crippen LogP contribution in [0, 0.1) is 11.3 Å². The lowest BCUT2D eigenvalue weighted by Crippen LogP contribution is -1.94. The van der Waals surface area contributed by atoms with Crippen LogP contribution in [-0.4, -0.2) is 18.3 Å². The quantitative estimate of drug-likeness (QED) is 0.142. The molecule has 0 radical (unpaired) electrons. The summed E-state index contributed by atoms with van der Waals surface area (Å²) >= 11 is 0. The van der Waals surface area contributed by atoms with E-state index in [4.69, 9.17) is 5.26 Å². The van der Waals surface area contributed by atoms with Gasteiger partial charge >= 0.3 is 0 Å². The van der Waals surface area contributed by atoms with E-state index in [0.717, 1.165) is 28.2 Å². The third-order valence-electron chi connectivity index (χ3n) is 19.3. The van der Waals surface area contributed by atoms with E-state index < -0.39 is 0 Å². The summed E-state index contributed by atoms with van der Waals surface area (Å²) < 4.78 is 9.51. The van der Waals surface area contributed by atoms with Gasteiger partial charge in [-0.05, 0) is 189 Å². The van der Waals surface area contributed by atoms with Crippen molar-refractivity contribution in [1.29, 1.82) is 5.26 Å². The molecule has 5 nitrogen and oxygen atoms in total. The summed E-state index contributed by atoms with van der Waals surface area (Å²) in [6, 6.07) is 131. The standard InChI is InChI=1S/C48H32N2.C43H27N3/c1-4-12-33(13-5-1)35-20-25-40(26-21-35)49-45-19-11-10-18-41(45)43-30-36(23-28-46(43)49)37-24-29-47-44(31-37)42-27-22-38(34-14-6-2-7-15-34)32-48(42)50(47)39-16-8-3-9-17-39;44-28-29-14-16-30(17-15-29)31-18-22-35(23-19-31)46-41-13-7-5-11-37(41)39-27-33(21-25-43(39)46)32-20-24-42-38(26-32)36-10-4-6-12-40(36)45(42)34-8-2-1-3-9-34/h1-32H;1-27H. The molecular weight excluding hydrogens is 1160 g/mol. The number of hydrogen-bond acceptors (Lipinski definition) is 1. The van der Waals surface area contributed by atoms with Gasteiger partial charge in [0.2, 0.25) is 0 Å². The van der Waals surface area contributed by atoms with Gasteiger partial charge in [0.15, 0.2) is 0 Å². The predicted molar refractivity (Wildman–Crippen MR) is 402 cm³/mol. The number of nitriles is 1. The molecule has 448 valence electrons. The molecule has 0 unspecified atom stereocenters. The van der Waals surface area contributed by atoms with Crippen LogP contribution in [0.5, 0.6) is 0 Å². The largest absolute Gasteiger partial charge is 0.309 e. The van der Waals surface area contributed by atoms with Crippen LogP contribution < -0.4 is 0 Å². The second kappa shape index (κ2) is 23.3. The molecule has 5 heteroatoms. The Kier molecular flexibility index (Phi) is 13.5. The van der Waals surface area contributed by atoms with Crippen molar-refractivity contribution in [2.75, 3.05) is 0 Å². The molecule has 0 atom stereocenters. The molecule has 0 aliphatic rings. The van der Waals surface area contributed by atoms with Crippen LogP contribution >= 0.6 is 0 Å². The van der Waals surface area contributed by atoms with Crippen molar-refractivity contribution < 1.29 is 0 Å². The molecule has 0 amide bonds. The van der Waals surface area contributed by atoms with E-state index in [1.165, 1.54) is 137 Å². The van der Waals surface area contributed by atoms with E-state index in [-0.39, 0.29) is 0 Å². The van der Waals surface area contributed by atoms with Crippen LogP contribution in [0.3, 0.4) is 0 Å². The number of hydrogen-bond donors (Lipinski definition) is 0. The Labute approximate surface area is 555 Å². The van der Waals surface area contributed by atoms with Gasteiger partial charge in [-0.1, -0.05) is 224 Å². The summed E-state index contributed by atoms with van der Waals surface area (Å²) in [7, 11) is 0. The van der Waals surface area contributed by atoms with Crippen LogP contribution in [-0.2, 0) is 0 Å². The Morgan fingerprint density at radius 2 is 0.406 bits per heavy atom. The number of rotatable bonds is 9. The molecule has 4 heterocycles. The van der Waals surface area contributed by atoms with Gasteiger partial charge in [0, 0.05) is 65.8 Å². The normalized spacial score (nSPS) is 11.5. The first-order chi connectivity index (χ1) is 47.6. The van der Waals surface area contributed by atoms with Crippen LogP contribution in [0.1, 0.15) is 5.56 Å². The zero-order valence-electron chi connectivity index (χ0n) is 52.3. The van der Waals surface area contributed by atoms with Gasteiger partial charge in [0.1, 0.15) is 0 Å². The maximum absolute atomic E-state index is 9.16. The van der Waals surface area contributed by atoms with Crippen molar-refractivity contribution in [1.82, 2.24) is 18.3 Å². The van der Waals surface area contributed by atoms with Crippen molar-refractivity contribution in [3.8, 4) is 84.5 Å². The molecule has 0 bridgehead atoms. The first-order valence-electron chi connectivity index (χ1n) is 32.7. The highest BCUT2D eigenvalue weighted by Crippen LogP contribution is 2.42. The lowest BCUT2D eigenvalue weighted by Gasteiger charge is -2.10. The number of nitrogens with zero attached hydrogens (tertiary/aromatic N) is 5. The van der Waals surface area contributed by atoms with Gasteiger partial charge in [-0.15, -0.1) is 0 Å². The molecule has 19 rings (SSSR count). The average Bonchev–Trinajstić information content (AvgIpc) is 1.60. The van der Waals surface area contributed by atoms with Gasteiger partial charge in [0.25, 0.3) is 0 Å². The minimum Gasteiger partial charge on any atom is -0.309 e. The first kappa shape index (κ1) is 55.8. The van der Waals surface area contributed by atoms with Crippen molar-refractivity contribution in [3.63, 3.8) is 0 Å². The van der Waals surface area contributed by atoms with Gasteiger partial charge in [-0.25, -0.2) is 0 Å². The average molecular weight is 1220 g/mol. The summed E-state index contributed by atoms with van der Waals surface area (Å²) in [5, 5.41) is 19.1. The summed E-state index contributed by atoms with van der Waals surface area (Å²) in [5.74, 6) is 0. The van der Waals surface area contributed by atoms with E-state index >= 15 is 0 Å². The van der Waals surface area contributed by atoms with Gasteiger partial charge in [0.05, 0.1) is 55.8 Å². The molecular formula is C91H59N5. The predicted octanol–water partition coefficient (Wildman–Crippen LogP) is 24.0. The molecule has 0 aliphatic heterocycles. The molecule has 0 spiro atoms. The van der Waals surface area contributed by atoms with Crippen LogP contribution in [0.25, 0.3) is 166 Å². The zero-order chi connectivity index (χ0) is 63.6. The molecule has 0 saturated heterocycles. The maximum Gasteiger partial charge on any atom is 0.0991 e. The molecule has 19 aromatic rings. The number of para-hydroxylation sites is 5. The lowest BCUT2D eigenvalue weighted by atomic mass is 9.99. The summed E-state index contributed by atoms with van der Waals surface area (Å²) in [6.45, 7) is 0. The smallest absolute Gasteiger partial charge is 0.0991 e. The van der Waals surface area contributed by atoms with Crippen LogP contribution in [0.15, 0.2) is 358 Å². The number of aromatic nitrogens is 4. The van der Waals surface area contributed by atoms with Crippen LogP contribution in [0.2, 0.25) is 0 Å². The lowest BCUT2D eigenvalue weighted by molar-refractivity contribution is 1.18. The first-order valence-corrected chi connectivity index (χ1v) is 32.7. The fraction of sp³-hybridized carbons (Fsp3) is 0. The number of fused-ring (bicyclic) bond motifs is 12. The molecule has 15 aromatic carbocycles. The Morgan fingerprint density at radius 1 is 0.167 bits per heavy atom. The maximum atomic E-state index is 9.16. The second-order valence-electron chi connectivity index (χ2n) is 24.7. The number of benzene rings is 15. The molecule has 0 saturated carbocycles. The Bertz CT molecular complexity index is 6210. The van der Waals surface area contributed by atoms with E-state index in [9.17, 15) is 0 Å². The second-order valence-corrected chi connectivity index (χ2v) is 24.7. The van der Waals surface area contributed by atoms with E-state index in [1.807, 2.05) is 24.3 Å². The van der Waals surface area contributed by atoms with Crippen molar-refractivity contribution >= 4 is 87.2 Å².